The van der Waals surface area contributed by atoms with Crippen molar-refractivity contribution in [2.75, 3.05) is 0 Å². The van der Waals surface area contributed by atoms with Crippen LogP contribution in [0, 0.1) is 5.92 Å². The highest BCUT2D eigenvalue weighted by Crippen LogP contribution is 2.09. The third-order valence-electron chi connectivity index (χ3n) is 1.40. The van der Waals surface area contributed by atoms with Crippen LogP contribution in [-0.4, -0.2) is 5.91 Å². The molecule has 2 heteroatoms. The lowest BCUT2D eigenvalue weighted by molar-refractivity contribution is -0.118. The van der Waals surface area contributed by atoms with Crippen LogP contribution in [-0.2, 0) is 4.79 Å². The molecule has 2 N–H and O–H groups in total. The van der Waals surface area contributed by atoms with E-state index in [-0.39, 0.29) is 11.8 Å². The quantitative estimate of drug-likeness (QED) is 0.599. The second-order valence-electron chi connectivity index (χ2n) is 2.48. The van der Waals surface area contributed by atoms with Crippen LogP contribution < -0.4 is 5.73 Å². The highest BCUT2D eigenvalue weighted by atomic mass is 16.1. The Morgan fingerprint density at radius 2 is 2.36 bits per heavy atom. The van der Waals surface area contributed by atoms with Crippen molar-refractivity contribution in [2.24, 2.45) is 11.7 Å². The molecule has 0 aromatic heterocycles. The van der Waals surface area contributed by atoms with Gasteiger partial charge in [-0.3, -0.25) is 4.79 Å². The van der Waals surface area contributed by atoms with Crippen molar-refractivity contribution in [3.8, 4) is 0 Å². The van der Waals surface area contributed by atoms with Crippen LogP contribution in [0.5, 0.6) is 0 Å². The predicted molar refractivity (Wildman–Crippen MR) is 46.9 cm³/mol. The van der Waals surface area contributed by atoms with E-state index in [9.17, 15) is 4.79 Å². The van der Waals surface area contributed by atoms with Gasteiger partial charge in [0, 0.05) is 6.42 Å². The van der Waals surface area contributed by atoms with Crippen molar-refractivity contribution in [3.05, 3.63) is 24.8 Å². The Kier molecular flexibility index (Phi) is 5.17. The lowest BCUT2D eigenvalue weighted by Crippen LogP contribution is -2.14. The molecule has 0 bridgehead atoms. The molecule has 0 aliphatic carbocycles. The highest BCUT2D eigenvalue weighted by molar-refractivity contribution is 5.74. The van der Waals surface area contributed by atoms with Crippen LogP contribution in [0.25, 0.3) is 0 Å². The van der Waals surface area contributed by atoms with Gasteiger partial charge in [0.15, 0.2) is 0 Å². The summed E-state index contributed by atoms with van der Waals surface area (Å²) >= 11 is 0. The fraction of sp³-hybridized carbons (Fsp3) is 0.444. The number of hydrogen-bond acceptors (Lipinski definition) is 1. The SMILES string of the molecule is C=CCC(C=CC)CC(N)=O. The molecule has 0 saturated heterocycles. The summed E-state index contributed by atoms with van der Waals surface area (Å²) in [5.41, 5.74) is 5.05. The number of primary amides is 1. The maximum absolute atomic E-state index is 10.5. The summed E-state index contributed by atoms with van der Waals surface area (Å²) in [5.74, 6) is -0.0232. The maximum Gasteiger partial charge on any atom is 0.218 e. The molecule has 0 rings (SSSR count). The molecule has 0 saturated carbocycles. The van der Waals surface area contributed by atoms with E-state index in [1.54, 1.807) is 6.08 Å². The van der Waals surface area contributed by atoms with Crippen LogP contribution >= 0.6 is 0 Å². The van der Waals surface area contributed by atoms with E-state index in [1.165, 1.54) is 0 Å². The van der Waals surface area contributed by atoms with Crippen LogP contribution in [0.3, 0.4) is 0 Å². The van der Waals surface area contributed by atoms with E-state index in [4.69, 9.17) is 5.73 Å². The zero-order valence-corrected chi connectivity index (χ0v) is 6.92. The van der Waals surface area contributed by atoms with E-state index >= 15 is 0 Å². The van der Waals surface area contributed by atoms with E-state index < -0.39 is 0 Å². The number of nitrogens with two attached hydrogens (primary N) is 1. The van der Waals surface area contributed by atoms with Crippen molar-refractivity contribution in [2.45, 2.75) is 19.8 Å². The molecule has 62 valence electrons. The normalized spacial score (nSPS) is 13.2. The zero-order chi connectivity index (χ0) is 8.69. The first-order valence-electron chi connectivity index (χ1n) is 3.72. The lowest BCUT2D eigenvalue weighted by atomic mass is 10.0. The zero-order valence-electron chi connectivity index (χ0n) is 6.92. The Balaban J connectivity index is 3.87. The summed E-state index contributed by atoms with van der Waals surface area (Å²) in [5, 5.41) is 0. The van der Waals surface area contributed by atoms with Gasteiger partial charge in [0.1, 0.15) is 0 Å². The molecule has 1 amide bonds. The molecule has 0 heterocycles. The molecule has 0 aliphatic heterocycles. The highest BCUT2D eigenvalue weighted by Gasteiger charge is 2.05. The maximum atomic E-state index is 10.5. The average Bonchev–Trinajstić information content (AvgIpc) is 1.87. The molecule has 2 nitrogen and oxygen atoms in total. The van der Waals surface area contributed by atoms with Gasteiger partial charge in [-0.25, -0.2) is 0 Å². The van der Waals surface area contributed by atoms with Crippen molar-refractivity contribution in [3.63, 3.8) is 0 Å². The van der Waals surface area contributed by atoms with Crippen molar-refractivity contribution < 1.29 is 4.79 Å². The minimum absolute atomic E-state index is 0.231. The van der Waals surface area contributed by atoms with Crippen LogP contribution in [0.1, 0.15) is 19.8 Å². The lowest BCUT2D eigenvalue weighted by Gasteiger charge is -2.05. The van der Waals surface area contributed by atoms with Gasteiger partial charge in [-0.2, -0.15) is 0 Å². The van der Waals surface area contributed by atoms with E-state index in [2.05, 4.69) is 6.58 Å². The molecular formula is C9H15NO. The summed E-state index contributed by atoms with van der Waals surface area (Å²) in [6, 6.07) is 0. The summed E-state index contributed by atoms with van der Waals surface area (Å²) < 4.78 is 0. The molecule has 11 heavy (non-hydrogen) atoms. The number of rotatable bonds is 5. The molecule has 0 radical (unpaired) electrons. The molecular weight excluding hydrogens is 138 g/mol. The van der Waals surface area contributed by atoms with Gasteiger partial charge < -0.3 is 5.73 Å². The number of amides is 1. The Morgan fingerprint density at radius 3 is 2.73 bits per heavy atom. The molecule has 0 aliphatic rings. The van der Waals surface area contributed by atoms with Gasteiger partial charge in [-0.05, 0) is 19.3 Å². The van der Waals surface area contributed by atoms with Gasteiger partial charge in [-0.1, -0.05) is 18.2 Å². The summed E-state index contributed by atoms with van der Waals surface area (Å²) in [7, 11) is 0. The minimum atomic E-state index is -0.255. The standard InChI is InChI=1S/C9H15NO/c1-3-5-8(6-4-2)7-9(10)11/h3-4,6,8H,1,5,7H2,2H3,(H2,10,11). The third-order valence-corrected chi connectivity index (χ3v) is 1.40. The van der Waals surface area contributed by atoms with E-state index in [1.807, 2.05) is 19.1 Å². The Hall–Kier alpha value is -1.05. The molecule has 1 atom stereocenters. The van der Waals surface area contributed by atoms with Crippen LogP contribution in [0.2, 0.25) is 0 Å². The number of carbonyl (C=O) groups is 1. The smallest absolute Gasteiger partial charge is 0.218 e. The second kappa shape index (κ2) is 5.71. The largest absolute Gasteiger partial charge is 0.370 e. The van der Waals surface area contributed by atoms with Gasteiger partial charge in [-0.15, -0.1) is 6.58 Å². The Bertz CT molecular complexity index is 161. The third kappa shape index (κ3) is 5.40. The second-order valence-corrected chi connectivity index (χ2v) is 2.48. The summed E-state index contributed by atoms with van der Waals surface area (Å²) in [6.45, 7) is 5.53. The molecule has 0 aromatic rings. The first kappa shape index (κ1) is 9.95. The van der Waals surface area contributed by atoms with Gasteiger partial charge in [0.25, 0.3) is 0 Å². The first-order valence-corrected chi connectivity index (χ1v) is 3.72. The van der Waals surface area contributed by atoms with Gasteiger partial charge >= 0.3 is 0 Å². The molecule has 0 fully saturated rings. The number of allylic oxidation sites excluding steroid dienone is 3. The Labute approximate surface area is 67.8 Å². The first-order chi connectivity index (χ1) is 5.20. The van der Waals surface area contributed by atoms with Crippen molar-refractivity contribution >= 4 is 5.91 Å². The topological polar surface area (TPSA) is 43.1 Å². The average molecular weight is 153 g/mol. The molecule has 0 aromatic carbocycles. The van der Waals surface area contributed by atoms with E-state index in [0.29, 0.717) is 6.42 Å². The summed E-state index contributed by atoms with van der Waals surface area (Å²) in [4.78, 5) is 10.5. The number of carbonyl (C=O) groups excluding carboxylic acids is 1. The van der Waals surface area contributed by atoms with E-state index in [0.717, 1.165) is 6.42 Å². The predicted octanol–water partition coefficient (Wildman–Crippen LogP) is 1.63. The number of hydrogen-bond donors (Lipinski definition) is 1. The van der Waals surface area contributed by atoms with Crippen LogP contribution in [0.4, 0.5) is 0 Å². The van der Waals surface area contributed by atoms with Crippen molar-refractivity contribution in [1.29, 1.82) is 0 Å². The van der Waals surface area contributed by atoms with Gasteiger partial charge in [0.05, 0.1) is 0 Å². The fourth-order valence-corrected chi connectivity index (χ4v) is 0.975. The van der Waals surface area contributed by atoms with Gasteiger partial charge in [0.2, 0.25) is 5.91 Å². The molecule has 1 unspecified atom stereocenters. The minimum Gasteiger partial charge on any atom is -0.370 e. The van der Waals surface area contributed by atoms with Crippen molar-refractivity contribution in [1.82, 2.24) is 0 Å². The monoisotopic (exact) mass is 153 g/mol. The fourth-order valence-electron chi connectivity index (χ4n) is 0.975. The summed E-state index contributed by atoms with van der Waals surface area (Å²) in [6.07, 6.45) is 6.93. The molecule has 0 spiro atoms. The van der Waals surface area contributed by atoms with Crippen LogP contribution in [0.15, 0.2) is 24.8 Å². The Morgan fingerprint density at radius 1 is 1.73 bits per heavy atom.